The van der Waals surface area contributed by atoms with Crippen molar-refractivity contribution in [3.63, 3.8) is 0 Å². The second-order valence-electron chi connectivity index (χ2n) is 7.79. The van der Waals surface area contributed by atoms with E-state index >= 15 is 0 Å². The Balaban J connectivity index is 2.18. The standard InChI is InChI=1S/C23H24Cl2N2O4/c1-13-11-15(6-8-18(13)31-4)21(28)19-20(14-5-7-16(24)17(25)12-14)27(10-9-26(2)3)23(30)22(19)29/h5-8,11-12,20,28H,9-10H2,1-4H3/b21-19+. The summed E-state index contributed by atoms with van der Waals surface area (Å²) in [5.41, 5.74) is 1.56. The van der Waals surface area contributed by atoms with Gasteiger partial charge in [-0.15, -0.1) is 0 Å². The first kappa shape index (κ1) is 23.1. The Morgan fingerprint density at radius 3 is 2.42 bits per heavy atom. The summed E-state index contributed by atoms with van der Waals surface area (Å²) < 4.78 is 5.25. The van der Waals surface area contributed by atoms with Crippen molar-refractivity contribution in [3.05, 3.63) is 68.7 Å². The quantitative estimate of drug-likeness (QED) is 0.402. The van der Waals surface area contributed by atoms with Gasteiger partial charge in [0.25, 0.3) is 5.91 Å². The molecule has 0 bridgehead atoms. The number of likely N-dealkylation sites (tertiary alicyclic amines) is 1. The number of hydrogen-bond acceptors (Lipinski definition) is 4. The predicted molar refractivity (Wildman–Crippen MR) is 118 cm³/mol. The number of quaternary nitrogens is 1. The number of rotatable bonds is 6. The second-order valence-corrected chi connectivity index (χ2v) is 8.60. The summed E-state index contributed by atoms with van der Waals surface area (Å²) in [6.07, 6.45) is 0. The number of carbonyl (C=O) groups is 2. The van der Waals surface area contributed by atoms with Crippen molar-refractivity contribution in [3.8, 4) is 5.75 Å². The molecular formula is C23H24Cl2N2O4. The number of ether oxygens (including phenoxy) is 1. The molecule has 1 fully saturated rings. The fourth-order valence-corrected chi connectivity index (χ4v) is 3.96. The second kappa shape index (κ2) is 9.30. The minimum atomic E-state index is -0.830. The first-order valence-corrected chi connectivity index (χ1v) is 10.6. The van der Waals surface area contributed by atoms with Gasteiger partial charge in [0.2, 0.25) is 5.78 Å². The number of aryl methyl sites for hydroxylation is 1. The van der Waals surface area contributed by atoms with Crippen LogP contribution in [0.5, 0.6) is 5.75 Å². The van der Waals surface area contributed by atoms with E-state index in [1.807, 2.05) is 21.0 Å². The van der Waals surface area contributed by atoms with E-state index in [4.69, 9.17) is 27.9 Å². The monoisotopic (exact) mass is 462 g/mol. The van der Waals surface area contributed by atoms with Crippen LogP contribution in [0.2, 0.25) is 10.0 Å². The Morgan fingerprint density at radius 2 is 1.84 bits per heavy atom. The summed E-state index contributed by atoms with van der Waals surface area (Å²) in [5, 5.41) is 14.1. The molecule has 1 aliphatic heterocycles. The van der Waals surface area contributed by atoms with Gasteiger partial charge < -0.3 is 19.6 Å². The average Bonchev–Trinajstić information content (AvgIpc) is 2.98. The molecule has 3 rings (SSSR count). The van der Waals surface area contributed by atoms with Gasteiger partial charge >= 0.3 is 0 Å². The van der Waals surface area contributed by atoms with Gasteiger partial charge in [0.15, 0.2) is 0 Å². The van der Waals surface area contributed by atoms with Crippen molar-refractivity contribution < 1.29 is 24.3 Å². The lowest BCUT2D eigenvalue weighted by atomic mass is 9.94. The number of methoxy groups -OCH3 is 1. The molecule has 1 heterocycles. The van der Waals surface area contributed by atoms with Crippen molar-refractivity contribution in [2.75, 3.05) is 34.3 Å². The molecule has 0 aliphatic carbocycles. The van der Waals surface area contributed by atoms with Gasteiger partial charge in [0.05, 0.1) is 50.4 Å². The molecule has 1 atom stereocenters. The highest BCUT2D eigenvalue weighted by Crippen LogP contribution is 2.40. The minimum absolute atomic E-state index is 0.0817. The van der Waals surface area contributed by atoms with Crippen LogP contribution in [0.1, 0.15) is 22.7 Å². The Kier molecular flexibility index (Phi) is 6.94. The van der Waals surface area contributed by atoms with Gasteiger partial charge in [-0.05, 0) is 47.9 Å². The third-order valence-corrected chi connectivity index (χ3v) is 6.04. The molecule has 0 saturated carbocycles. The molecule has 1 amide bonds. The van der Waals surface area contributed by atoms with Gasteiger partial charge in [0, 0.05) is 5.57 Å². The number of nitrogens with zero attached hydrogens (tertiary/aromatic N) is 1. The van der Waals surface area contributed by atoms with Crippen LogP contribution in [0.25, 0.3) is 5.76 Å². The number of benzene rings is 2. The number of carbonyl (C=O) groups excluding carboxylic acids is 2. The van der Waals surface area contributed by atoms with Crippen LogP contribution in [-0.4, -0.2) is 50.9 Å². The molecule has 6 nitrogen and oxygen atoms in total. The zero-order valence-corrected chi connectivity index (χ0v) is 19.3. The summed E-state index contributed by atoms with van der Waals surface area (Å²) >= 11 is 12.3. The number of ketones is 1. The molecule has 1 unspecified atom stereocenters. The molecule has 1 N–H and O–H groups in total. The van der Waals surface area contributed by atoms with Gasteiger partial charge in [0.1, 0.15) is 5.75 Å². The topological polar surface area (TPSA) is 74.1 Å². The lowest BCUT2D eigenvalue weighted by molar-refractivity contribution is -0.857. The van der Waals surface area contributed by atoms with Crippen LogP contribution in [0.15, 0.2) is 42.0 Å². The maximum absolute atomic E-state index is 13.4. The summed E-state index contributed by atoms with van der Waals surface area (Å²) in [6.45, 7) is 2.74. The Bertz CT molecular complexity index is 1070. The third kappa shape index (κ3) is 4.56. The summed E-state index contributed by atoms with van der Waals surface area (Å²) in [4.78, 5) is 28.4. The molecular weight excluding hydrogens is 439 g/mol. The normalized spacial score (nSPS) is 18.2. The molecule has 1 aliphatic rings. The number of Topliss-reactive ketones (excluding diaryl/α,β-unsaturated/α-hetero) is 1. The van der Waals surface area contributed by atoms with E-state index < -0.39 is 23.5 Å². The van der Waals surface area contributed by atoms with Crippen molar-refractivity contribution in [2.24, 2.45) is 0 Å². The smallest absolute Gasteiger partial charge is 0.295 e. The van der Waals surface area contributed by atoms with E-state index in [2.05, 4.69) is 0 Å². The summed E-state index contributed by atoms with van der Waals surface area (Å²) in [6, 6.07) is 8.98. The van der Waals surface area contributed by atoms with Crippen molar-refractivity contribution in [1.82, 2.24) is 4.90 Å². The Hall–Kier alpha value is -2.54. The van der Waals surface area contributed by atoms with Gasteiger partial charge in [-0.3, -0.25) is 9.59 Å². The van der Waals surface area contributed by atoms with E-state index in [0.29, 0.717) is 35.0 Å². The van der Waals surface area contributed by atoms with Crippen LogP contribution in [0.3, 0.4) is 0 Å². The van der Waals surface area contributed by atoms with E-state index in [0.717, 1.165) is 10.5 Å². The van der Waals surface area contributed by atoms with Crippen LogP contribution >= 0.6 is 23.2 Å². The number of halogens is 2. The zero-order valence-electron chi connectivity index (χ0n) is 17.8. The molecule has 0 aromatic heterocycles. The zero-order chi connectivity index (χ0) is 22.9. The SMILES string of the molecule is COc1ccc(/C([O-])=C2\C(=O)C(=O)N(CC[NH+](C)C)C2c2ccc(Cl)c(Cl)c2)cc1C. The molecule has 164 valence electrons. The highest BCUT2D eigenvalue weighted by Gasteiger charge is 2.44. The molecule has 8 heteroatoms. The van der Waals surface area contributed by atoms with Crippen molar-refractivity contribution >= 4 is 40.7 Å². The summed E-state index contributed by atoms with van der Waals surface area (Å²) in [7, 11) is 5.45. The third-order valence-electron chi connectivity index (χ3n) is 5.30. The van der Waals surface area contributed by atoms with Crippen LogP contribution in [0.4, 0.5) is 0 Å². The molecule has 1 saturated heterocycles. The number of hydrogen-bond donors (Lipinski definition) is 1. The molecule has 2 aromatic rings. The van der Waals surface area contributed by atoms with Crippen LogP contribution in [0, 0.1) is 6.92 Å². The lowest BCUT2D eigenvalue weighted by Gasteiger charge is -2.28. The Morgan fingerprint density at radius 1 is 1.13 bits per heavy atom. The van der Waals surface area contributed by atoms with Crippen molar-refractivity contribution in [1.29, 1.82) is 0 Å². The highest BCUT2D eigenvalue weighted by molar-refractivity contribution is 6.46. The fraction of sp³-hybridized carbons (Fsp3) is 0.304. The number of likely N-dealkylation sites (N-methyl/N-ethyl adjacent to an activating group) is 1. The van der Waals surface area contributed by atoms with Gasteiger partial charge in [-0.1, -0.05) is 41.1 Å². The maximum Gasteiger partial charge on any atom is 0.295 e. The molecule has 0 spiro atoms. The largest absolute Gasteiger partial charge is 0.872 e. The van der Waals surface area contributed by atoms with E-state index in [-0.39, 0.29) is 10.6 Å². The first-order valence-electron chi connectivity index (χ1n) is 9.81. The van der Waals surface area contributed by atoms with Crippen LogP contribution in [-0.2, 0) is 9.59 Å². The highest BCUT2D eigenvalue weighted by atomic mass is 35.5. The van der Waals surface area contributed by atoms with Gasteiger partial charge in [-0.2, -0.15) is 0 Å². The number of nitrogens with one attached hydrogen (secondary N) is 1. The maximum atomic E-state index is 13.4. The van der Waals surface area contributed by atoms with E-state index in [9.17, 15) is 14.7 Å². The first-order chi connectivity index (χ1) is 14.6. The minimum Gasteiger partial charge on any atom is -0.872 e. The number of amides is 1. The summed E-state index contributed by atoms with van der Waals surface area (Å²) in [5.74, 6) is -1.33. The lowest BCUT2D eigenvalue weighted by Crippen LogP contribution is -3.06. The van der Waals surface area contributed by atoms with E-state index in [1.165, 1.54) is 4.90 Å². The molecule has 0 radical (unpaired) electrons. The predicted octanol–water partition coefficient (Wildman–Crippen LogP) is 1.68. The molecule has 31 heavy (non-hydrogen) atoms. The average molecular weight is 463 g/mol. The molecule has 2 aromatic carbocycles. The fourth-order valence-electron chi connectivity index (χ4n) is 3.65. The van der Waals surface area contributed by atoms with E-state index in [1.54, 1.807) is 43.5 Å². The van der Waals surface area contributed by atoms with Crippen molar-refractivity contribution in [2.45, 2.75) is 13.0 Å². The van der Waals surface area contributed by atoms with Gasteiger partial charge in [-0.25, -0.2) is 0 Å². The Labute approximate surface area is 191 Å². The van der Waals surface area contributed by atoms with Crippen LogP contribution < -0.4 is 14.7 Å².